The highest BCUT2D eigenvalue weighted by Crippen LogP contribution is 2.39. The fourth-order valence-corrected chi connectivity index (χ4v) is 5.04. The van der Waals surface area contributed by atoms with Gasteiger partial charge in [0.1, 0.15) is 11.6 Å². The van der Waals surface area contributed by atoms with Crippen LogP contribution in [-0.2, 0) is 0 Å². The van der Waals surface area contributed by atoms with Crippen LogP contribution in [0.15, 0.2) is 64.5 Å². The van der Waals surface area contributed by atoms with Gasteiger partial charge in [0, 0.05) is 22.3 Å². The summed E-state index contributed by atoms with van der Waals surface area (Å²) in [4.78, 5) is 24.4. The number of benzene rings is 2. The first-order valence-corrected chi connectivity index (χ1v) is 15.0. The van der Waals surface area contributed by atoms with Crippen LogP contribution < -0.4 is 4.43 Å². The van der Waals surface area contributed by atoms with E-state index in [4.69, 9.17) is 9.42 Å². The average Bonchev–Trinajstić information content (AvgIpc) is 3.36. The standard InChI is InChI=1S/C26H29BrN4O3Si/c1-16(32)31-21-11-10-18(27)13-20(21)23(25(31)33)24(30-22-14-28-15-29-22)17-8-7-9-19(12-17)34-35(5,6)26(2,3)4/h7-15,33H,1-6H3,(H,28,29). The number of fused-ring (bicyclic) bond motifs is 1. The fraction of sp³-hybridized carbons (Fsp3) is 0.269. The van der Waals surface area contributed by atoms with Crippen LogP contribution in [0.2, 0.25) is 18.1 Å². The normalized spacial score (nSPS) is 12.8. The summed E-state index contributed by atoms with van der Waals surface area (Å²) < 4.78 is 8.67. The van der Waals surface area contributed by atoms with Crippen molar-refractivity contribution in [2.24, 2.45) is 4.99 Å². The van der Waals surface area contributed by atoms with Crippen molar-refractivity contribution in [3.8, 4) is 11.6 Å². The molecule has 0 saturated carbocycles. The molecule has 2 heterocycles. The Hall–Kier alpha value is -3.17. The smallest absolute Gasteiger partial charge is 0.250 e. The maximum Gasteiger partial charge on any atom is 0.250 e. The highest BCUT2D eigenvalue weighted by molar-refractivity contribution is 9.10. The molecule has 0 bridgehead atoms. The second-order valence-electron chi connectivity index (χ2n) is 10.0. The molecule has 0 atom stereocenters. The Morgan fingerprint density at radius 3 is 2.57 bits per heavy atom. The van der Waals surface area contributed by atoms with E-state index < -0.39 is 8.32 Å². The van der Waals surface area contributed by atoms with E-state index in [1.807, 2.05) is 36.4 Å². The molecule has 0 radical (unpaired) electrons. The van der Waals surface area contributed by atoms with Gasteiger partial charge in [0.25, 0.3) is 0 Å². The van der Waals surface area contributed by atoms with Gasteiger partial charge in [0.2, 0.25) is 20.1 Å². The molecule has 4 rings (SSSR count). The molecule has 0 spiro atoms. The van der Waals surface area contributed by atoms with Crippen molar-refractivity contribution < 1.29 is 14.3 Å². The molecule has 35 heavy (non-hydrogen) atoms. The van der Waals surface area contributed by atoms with Crippen molar-refractivity contribution >= 4 is 52.6 Å². The van der Waals surface area contributed by atoms with Crippen molar-refractivity contribution in [1.82, 2.24) is 14.5 Å². The van der Waals surface area contributed by atoms with Gasteiger partial charge in [-0.25, -0.2) is 9.98 Å². The van der Waals surface area contributed by atoms with Gasteiger partial charge in [-0.3, -0.25) is 9.36 Å². The molecule has 4 aromatic rings. The van der Waals surface area contributed by atoms with Crippen LogP contribution in [-0.4, -0.2) is 39.6 Å². The maximum atomic E-state index is 12.5. The van der Waals surface area contributed by atoms with Crippen LogP contribution in [0.3, 0.4) is 0 Å². The third kappa shape index (κ3) is 4.83. The zero-order chi connectivity index (χ0) is 25.5. The number of aromatic hydroxyl groups is 1. The van der Waals surface area contributed by atoms with Gasteiger partial charge in [-0.15, -0.1) is 0 Å². The van der Waals surface area contributed by atoms with Gasteiger partial charge in [-0.05, 0) is 48.5 Å². The maximum absolute atomic E-state index is 12.5. The molecule has 2 aromatic carbocycles. The van der Waals surface area contributed by atoms with Gasteiger partial charge in [-0.1, -0.05) is 48.8 Å². The molecule has 2 aromatic heterocycles. The summed E-state index contributed by atoms with van der Waals surface area (Å²) in [6.07, 6.45) is 3.15. The number of hydrogen-bond donors (Lipinski definition) is 2. The van der Waals surface area contributed by atoms with Gasteiger partial charge >= 0.3 is 0 Å². The van der Waals surface area contributed by atoms with Gasteiger partial charge in [-0.2, -0.15) is 0 Å². The molecule has 7 nitrogen and oxygen atoms in total. The number of aliphatic imine (C=N–C) groups is 1. The van der Waals surface area contributed by atoms with E-state index >= 15 is 0 Å². The fourth-order valence-electron chi connectivity index (χ4n) is 3.65. The number of carbonyl (C=O) groups is 1. The minimum Gasteiger partial charge on any atom is -0.543 e. The Labute approximate surface area is 214 Å². The Bertz CT molecular complexity index is 1430. The number of nitrogens with zero attached hydrogens (tertiary/aromatic N) is 3. The number of aromatic nitrogens is 3. The van der Waals surface area contributed by atoms with E-state index in [-0.39, 0.29) is 16.8 Å². The van der Waals surface area contributed by atoms with E-state index in [2.05, 4.69) is 59.8 Å². The molecule has 0 aliphatic heterocycles. The molecule has 0 aliphatic rings. The predicted octanol–water partition coefficient (Wildman–Crippen LogP) is 7.05. The second kappa shape index (κ2) is 9.12. The Kier molecular flexibility index (Phi) is 6.50. The summed E-state index contributed by atoms with van der Waals surface area (Å²) in [5.74, 6) is 0.799. The lowest BCUT2D eigenvalue weighted by Crippen LogP contribution is -2.43. The summed E-state index contributed by atoms with van der Waals surface area (Å²) >= 11 is 3.52. The lowest BCUT2D eigenvalue weighted by molar-refractivity contribution is 0.0933. The quantitative estimate of drug-likeness (QED) is 0.205. The van der Waals surface area contributed by atoms with E-state index in [1.165, 1.54) is 11.5 Å². The van der Waals surface area contributed by atoms with Crippen molar-refractivity contribution in [1.29, 1.82) is 0 Å². The first-order valence-electron chi connectivity index (χ1n) is 11.3. The number of H-pyrrole nitrogens is 1. The molecule has 0 amide bonds. The number of halogens is 1. The van der Waals surface area contributed by atoms with Crippen molar-refractivity contribution in [3.63, 3.8) is 0 Å². The topological polar surface area (TPSA) is 92.5 Å². The SMILES string of the molecule is CC(=O)n1c(O)c(C(=Nc2cnc[nH]2)c2cccc(O[Si](C)(C)C(C)(C)C)c2)c2cc(Br)ccc21. The Morgan fingerprint density at radius 2 is 1.94 bits per heavy atom. The number of carbonyl (C=O) groups excluding carboxylic acids is 1. The molecule has 0 aliphatic carbocycles. The number of rotatable bonds is 5. The van der Waals surface area contributed by atoms with Crippen molar-refractivity contribution in [2.75, 3.05) is 0 Å². The van der Waals surface area contributed by atoms with E-state index in [9.17, 15) is 9.90 Å². The number of nitrogens with one attached hydrogen (secondary N) is 1. The van der Waals surface area contributed by atoms with Crippen LogP contribution in [0.4, 0.5) is 5.82 Å². The number of imidazole rings is 1. The average molecular weight is 554 g/mol. The van der Waals surface area contributed by atoms with E-state index in [0.29, 0.717) is 28.0 Å². The van der Waals surface area contributed by atoms with E-state index in [0.717, 1.165) is 15.8 Å². The highest BCUT2D eigenvalue weighted by atomic mass is 79.9. The van der Waals surface area contributed by atoms with Gasteiger partial charge in [0.15, 0.2) is 0 Å². The van der Waals surface area contributed by atoms with Crippen LogP contribution in [0.5, 0.6) is 11.6 Å². The van der Waals surface area contributed by atoms with Crippen LogP contribution in [0.1, 0.15) is 43.6 Å². The molecular formula is C26H29BrN4O3Si. The lowest BCUT2D eigenvalue weighted by Gasteiger charge is -2.36. The molecule has 2 N–H and O–H groups in total. The largest absolute Gasteiger partial charge is 0.543 e. The zero-order valence-electron chi connectivity index (χ0n) is 20.7. The third-order valence-electron chi connectivity index (χ3n) is 6.46. The van der Waals surface area contributed by atoms with Gasteiger partial charge in [0.05, 0.1) is 29.3 Å². The predicted molar refractivity (Wildman–Crippen MR) is 146 cm³/mol. The first kappa shape index (κ1) is 24.9. The number of hydrogen-bond acceptors (Lipinski definition) is 5. The second-order valence-corrected chi connectivity index (χ2v) is 15.6. The lowest BCUT2D eigenvalue weighted by atomic mass is 10.0. The Balaban J connectivity index is 1.96. The minimum atomic E-state index is -2.08. The molecule has 9 heteroatoms. The summed E-state index contributed by atoms with van der Waals surface area (Å²) in [5, 5.41) is 12.0. The van der Waals surface area contributed by atoms with Crippen LogP contribution in [0.25, 0.3) is 10.9 Å². The molecule has 0 unspecified atom stereocenters. The molecular weight excluding hydrogens is 524 g/mol. The van der Waals surface area contributed by atoms with Crippen molar-refractivity contribution in [3.05, 3.63) is 70.6 Å². The Morgan fingerprint density at radius 1 is 1.20 bits per heavy atom. The van der Waals surface area contributed by atoms with Gasteiger partial charge < -0.3 is 14.5 Å². The summed E-state index contributed by atoms with van der Waals surface area (Å²) in [6, 6.07) is 13.2. The summed E-state index contributed by atoms with van der Waals surface area (Å²) in [7, 11) is -2.08. The zero-order valence-corrected chi connectivity index (χ0v) is 23.3. The van der Waals surface area contributed by atoms with Crippen LogP contribution in [0, 0.1) is 0 Å². The molecule has 182 valence electrons. The van der Waals surface area contributed by atoms with Crippen molar-refractivity contribution in [2.45, 2.75) is 45.8 Å². The monoisotopic (exact) mass is 552 g/mol. The highest BCUT2D eigenvalue weighted by Gasteiger charge is 2.39. The third-order valence-corrected chi connectivity index (χ3v) is 11.3. The van der Waals surface area contributed by atoms with E-state index in [1.54, 1.807) is 18.6 Å². The minimum absolute atomic E-state index is 0.0370. The summed E-state index contributed by atoms with van der Waals surface area (Å²) in [6.45, 7) is 12.4. The summed E-state index contributed by atoms with van der Waals surface area (Å²) in [5.41, 5.74) is 2.29. The molecule has 0 saturated heterocycles. The number of aromatic amines is 1. The van der Waals surface area contributed by atoms with Crippen LogP contribution >= 0.6 is 15.9 Å². The molecule has 0 fully saturated rings. The first-order chi connectivity index (χ1) is 16.4.